The molecule has 0 aliphatic rings. The van der Waals surface area contributed by atoms with Crippen LogP contribution in [-0.2, 0) is 9.47 Å². The lowest BCUT2D eigenvalue weighted by Crippen LogP contribution is -2.34. The van der Waals surface area contributed by atoms with E-state index in [1.807, 2.05) is 0 Å². The standard InChI is InChI=1S/C16H35NO4/c1-3-5-9-20-10-11-21-14-16(19)13-17-12-15(6-4-2)7-8-18/h15-19H,3-14H2,1-2H3. The summed E-state index contributed by atoms with van der Waals surface area (Å²) in [7, 11) is 0. The highest BCUT2D eigenvalue weighted by Crippen LogP contribution is 2.09. The number of aliphatic hydroxyl groups excluding tert-OH is 2. The van der Waals surface area contributed by atoms with E-state index < -0.39 is 6.10 Å². The van der Waals surface area contributed by atoms with Crippen molar-refractivity contribution < 1.29 is 19.7 Å². The molecule has 0 aliphatic heterocycles. The van der Waals surface area contributed by atoms with Gasteiger partial charge in [0.1, 0.15) is 0 Å². The number of hydrogen-bond acceptors (Lipinski definition) is 5. The lowest BCUT2D eigenvalue weighted by atomic mass is 10.0. The summed E-state index contributed by atoms with van der Waals surface area (Å²) >= 11 is 0. The molecule has 3 N–H and O–H groups in total. The van der Waals surface area contributed by atoms with Crippen LogP contribution in [0.5, 0.6) is 0 Å². The maximum Gasteiger partial charge on any atom is 0.0897 e. The van der Waals surface area contributed by atoms with Crippen molar-refractivity contribution in [3.8, 4) is 0 Å². The Morgan fingerprint density at radius 2 is 1.71 bits per heavy atom. The van der Waals surface area contributed by atoms with E-state index in [0.717, 1.165) is 45.3 Å². The number of unbranched alkanes of at least 4 members (excludes halogenated alkanes) is 1. The molecular formula is C16H35NO4. The Morgan fingerprint density at radius 1 is 0.952 bits per heavy atom. The molecular weight excluding hydrogens is 270 g/mol. The van der Waals surface area contributed by atoms with Gasteiger partial charge in [0.2, 0.25) is 0 Å². The molecule has 0 rings (SSSR count). The molecule has 0 saturated carbocycles. The van der Waals surface area contributed by atoms with Gasteiger partial charge in [-0.3, -0.25) is 0 Å². The number of ether oxygens (including phenoxy) is 2. The van der Waals surface area contributed by atoms with Crippen LogP contribution in [0.1, 0.15) is 46.0 Å². The van der Waals surface area contributed by atoms with E-state index in [0.29, 0.717) is 32.3 Å². The van der Waals surface area contributed by atoms with Gasteiger partial charge in [0.15, 0.2) is 0 Å². The average molecular weight is 305 g/mol. The zero-order chi connectivity index (χ0) is 15.8. The monoisotopic (exact) mass is 305 g/mol. The number of rotatable bonds is 16. The van der Waals surface area contributed by atoms with Gasteiger partial charge in [0, 0.05) is 19.8 Å². The highest BCUT2D eigenvalue weighted by molar-refractivity contribution is 4.65. The van der Waals surface area contributed by atoms with Crippen LogP contribution in [0.15, 0.2) is 0 Å². The van der Waals surface area contributed by atoms with Crippen LogP contribution < -0.4 is 5.32 Å². The van der Waals surface area contributed by atoms with Crippen molar-refractivity contribution in [3.63, 3.8) is 0 Å². The molecule has 0 fully saturated rings. The Kier molecular flexibility index (Phi) is 16.0. The third kappa shape index (κ3) is 14.5. The van der Waals surface area contributed by atoms with Crippen molar-refractivity contribution in [2.75, 3.05) is 46.1 Å². The summed E-state index contributed by atoms with van der Waals surface area (Å²) in [5, 5.41) is 22.0. The Morgan fingerprint density at radius 3 is 2.38 bits per heavy atom. The highest BCUT2D eigenvalue weighted by atomic mass is 16.5. The summed E-state index contributed by atoms with van der Waals surface area (Å²) in [6, 6.07) is 0. The Labute approximate surface area is 130 Å². The summed E-state index contributed by atoms with van der Waals surface area (Å²) in [6.45, 7) is 8.13. The minimum atomic E-state index is -0.489. The average Bonchev–Trinajstić information content (AvgIpc) is 2.47. The molecule has 0 amide bonds. The maximum absolute atomic E-state index is 9.78. The van der Waals surface area contributed by atoms with Gasteiger partial charge < -0.3 is 25.0 Å². The van der Waals surface area contributed by atoms with Crippen LogP contribution in [0, 0.1) is 5.92 Å². The zero-order valence-corrected chi connectivity index (χ0v) is 13.9. The molecule has 2 unspecified atom stereocenters. The minimum Gasteiger partial charge on any atom is -0.396 e. The molecule has 0 radical (unpaired) electrons. The van der Waals surface area contributed by atoms with Crippen LogP contribution in [0.25, 0.3) is 0 Å². The quantitative estimate of drug-likeness (QED) is 0.378. The van der Waals surface area contributed by atoms with Gasteiger partial charge in [-0.2, -0.15) is 0 Å². The molecule has 0 spiro atoms. The largest absolute Gasteiger partial charge is 0.396 e. The lowest BCUT2D eigenvalue weighted by molar-refractivity contribution is 0.00366. The first-order chi connectivity index (χ1) is 10.2. The van der Waals surface area contributed by atoms with Crippen LogP contribution in [0.2, 0.25) is 0 Å². The molecule has 2 atom stereocenters. The van der Waals surface area contributed by atoms with Crippen molar-refractivity contribution in [1.82, 2.24) is 5.32 Å². The third-order valence-corrected chi connectivity index (χ3v) is 3.37. The molecule has 0 aliphatic carbocycles. The van der Waals surface area contributed by atoms with Crippen molar-refractivity contribution in [2.24, 2.45) is 5.92 Å². The molecule has 0 saturated heterocycles. The van der Waals surface area contributed by atoms with Gasteiger partial charge in [-0.15, -0.1) is 0 Å². The van der Waals surface area contributed by atoms with Crippen molar-refractivity contribution >= 4 is 0 Å². The molecule has 0 aromatic carbocycles. The number of hydrogen-bond donors (Lipinski definition) is 3. The summed E-state index contributed by atoms with van der Waals surface area (Å²) in [4.78, 5) is 0. The smallest absolute Gasteiger partial charge is 0.0897 e. The Hall–Kier alpha value is -0.200. The van der Waals surface area contributed by atoms with Crippen LogP contribution in [0.3, 0.4) is 0 Å². The molecule has 0 bridgehead atoms. The maximum atomic E-state index is 9.78. The van der Waals surface area contributed by atoms with E-state index in [-0.39, 0.29) is 6.61 Å². The first-order valence-electron chi connectivity index (χ1n) is 8.39. The second-order valence-corrected chi connectivity index (χ2v) is 5.52. The fourth-order valence-electron chi connectivity index (χ4n) is 2.14. The van der Waals surface area contributed by atoms with Crippen LogP contribution >= 0.6 is 0 Å². The van der Waals surface area contributed by atoms with E-state index in [1.54, 1.807) is 0 Å². The summed E-state index contributed by atoms with van der Waals surface area (Å²) in [5.41, 5.74) is 0. The second-order valence-electron chi connectivity index (χ2n) is 5.52. The highest BCUT2D eigenvalue weighted by Gasteiger charge is 2.09. The van der Waals surface area contributed by atoms with Crippen LogP contribution in [-0.4, -0.2) is 62.4 Å². The van der Waals surface area contributed by atoms with Gasteiger partial charge in [-0.05, 0) is 31.7 Å². The normalized spacial score (nSPS) is 14.3. The minimum absolute atomic E-state index is 0.232. The summed E-state index contributed by atoms with van der Waals surface area (Å²) in [5.74, 6) is 0.486. The van der Waals surface area contributed by atoms with E-state index in [1.165, 1.54) is 0 Å². The van der Waals surface area contributed by atoms with E-state index in [4.69, 9.17) is 14.6 Å². The molecule has 5 heteroatoms. The zero-order valence-electron chi connectivity index (χ0n) is 13.9. The predicted octanol–water partition coefficient (Wildman–Crippen LogP) is 1.57. The predicted molar refractivity (Wildman–Crippen MR) is 85.5 cm³/mol. The second kappa shape index (κ2) is 16.2. The molecule has 128 valence electrons. The van der Waals surface area contributed by atoms with Crippen molar-refractivity contribution in [2.45, 2.75) is 52.1 Å². The van der Waals surface area contributed by atoms with Gasteiger partial charge in [0.25, 0.3) is 0 Å². The number of aliphatic hydroxyl groups is 2. The molecule has 0 aromatic heterocycles. The van der Waals surface area contributed by atoms with Crippen LogP contribution in [0.4, 0.5) is 0 Å². The molecule has 5 nitrogen and oxygen atoms in total. The van der Waals surface area contributed by atoms with E-state index >= 15 is 0 Å². The first-order valence-corrected chi connectivity index (χ1v) is 8.39. The Bertz CT molecular complexity index is 199. The summed E-state index contributed by atoms with van der Waals surface area (Å²) in [6.07, 6.45) is 4.78. The SMILES string of the molecule is CCCCOCCOCC(O)CNCC(CCC)CCO. The van der Waals surface area contributed by atoms with E-state index in [2.05, 4.69) is 19.2 Å². The van der Waals surface area contributed by atoms with Crippen molar-refractivity contribution in [1.29, 1.82) is 0 Å². The third-order valence-electron chi connectivity index (χ3n) is 3.37. The fourth-order valence-corrected chi connectivity index (χ4v) is 2.14. The van der Waals surface area contributed by atoms with Gasteiger partial charge in [-0.25, -0.2) is 0 Å². The molecule has 0 heterocycles. The first kappa shape index (κ1) is 20.8. The molecule has 21 heavy (non-hydrogen) atoms. The van der Waals surface area contributed by atoms with Gasteiger partial charge in [0.05, 0.1) is 25.9 Å². The van der Waals surface area contributed by atoms with E-state index in [9.17, 15) is 5.11 Å². The Balaban J connectivity index is 3.42. The summed E-state index contributed by atoms with van der Waals surface area (Å²) < 4.78 is 10.7. The topological polar surface area (TPSA) is 71.0 Å². The van der Waals surface area contributed by atoms with Gasteiger partial charge in [-0.1, -0.05) is 26.7 Å². The fraction of sp³-hybridized carbons (Fsp3) is 1.00. The number of nitrogens with one attached hydrogen (secondary N) is 1. The van der Waals surface area contributed by atoms with Gasteiger partial charge >= 0.3 is 0 Å². The lowest BCUT2D eigenvalue weighted by Gasteiger charge is -2.17. The van der Waals surface area contributed by atoms with Crippen molar-refractivity contribution in [3.05, 3.63) is 0 Å². The molecule has 0 aromatic rings.